The molecule has 0 aliphatic heterocycles. The second-order valence-corrected chi connectivity index (χ2v) is 37.4. The van der Waals surface area contributed by atoms with Crippen molar-refractivity contribution < 1.29 is 73.1 Å². The first-order chi connectivity index (χ1) is 66.7. The standard InChI is InChI=1S/C24H22F3NO2.2C24H31NO3.C23H24N2O2.C23H29NO2/c1-15-4-6-18(7-5-15)14-30-28-17(3)21-13-23(29)16(2)12-22(21)19-8-10-20(11-9-19)24(25,26)27;2*1-17-3-6-20(7-4-17)16-28-25-24(22-10-5-18(2)23(27)15-22)21-11-8-19(9-12-21)13-14-26;1-15-4-6-18(7-5-15)14-27-25-17(3)21-13-23(26)16(2)12-22(21)19-8-10-20(24)11-9-19;1-16-9-11-19(12-10-16)15-26-24-18(3)21-14-23(25)17(2)13-22(21)20-7-5-4-6-8-20/h4-13,29H,14H2,1-3H3;2*3-7,10,15,19,21,26-27H,8-9,11-14,16H2,1-2H3;4-13,26H,14,24H2,1-3H3;9-14,20,25H,4-8,15H2,1-3H3/b28-17+;;;25-17+;. The zero-order valence-corrected chi connectivity index (χ0v) is 82.7. The number of phenols is 5. The molecule has 0 heterocycles. The molecule has 9 N–H and O–H groups in total. The lowest BCUT2D eigenvalue weighted by atomic mass is 9.77. The van der Waals surface area contributed by atoms with Crippen molar-refractivity contribution in [1.82, 2.24) is 0 Å². The van der Waals surface area contributed by atoms with Crippen molar-refractivity contribution in [2.45, 2.75) is 231 Å². The van der Waals surface area contributed by atoms with Gasteiger partial charge in [0, 0.05) is 58.6 Å². The molecule has 0 atom stereocenters. The van der Waals surface area contributed by atoms with Crippen molar-refractivity contribution in [3.8, 4) is 51.0 Å². The molecule has 139 heavy (non-hydrogen) atoms. The quantitative estimate of drug-likeness (QED) is 0.0123. The maximum absolute atomic E-state index is 12.9. The number of rotatable bonds is 29. The Labute approximate surface area is 818 Å². The van der Waals surface area contributed by atoms with Crippen LogP contribution in [-0.4, -0.2) is 77.5 Å². The zero-order chi connectivity index (χ0) is 99.7. The molecular formula is C118H137F3N6O12. The van der Waals surface area contributed by atoms with E-state index in [1.54, 1.807) is 44.2 Å². The molecule has 0 unspecified atom stereocenters. The first kappa shape index (κ1) is 106. The number of hydrogen-bond acceptors (Lipinski definition) is 18. The Morgan fingerprint density at radius 2 is 0.619 bits per heavy atom. The van der Waals surface area contributed by atoms with E-state index < -0.39 is 11.7 Å². The lowest BCUT2D eigenvalue weighted by molar-refractivity contribution is -0.137. The number of alkyl halides is 3. The Balaban J connectivity index is 0.000000166. The lowest BCUT2D eigenvalue weighted by Crippen LogP contribution is -2.23. The van der Waals surface area contributed by atoms with E-state index in [2.05, 4.69) is 132 Å². The molecule has 0 spiro atoms. The monoisotopic (exact) mass is 1890 g/mol. The maximum atomic E-state index is 12.9. The van der Waals surface area contributed by atoms with Crippen molar-refractivity contribution in [3.63, 3.8) is 0 Å². The Morgan fingerprint density at radius 3 is 0.935 bits per heavy atom. The van der Waals surface area contributed by atoms with E-state index in [1.165, 1.54) is 72.1 Å². The number of oxime groups is 5. The first-order valence-corrected chi connectivity index (χ1v) is 48.3. The molecule has 0 radical (unpaired) electrons. The molecule has 12 aromatic carbocycles. The highest BCUT2D eigenvalue weighted by Crippen LogP contribution is 2.42. The van der Waals surface area contributed by atoms with Gasteiger partial charge in [0.15, 0.2) is 0 Å². The fourth-order valence-electron chi connectivity index (χ4n) is 17.4. The van der Waals surface area contributed by atoms with E-state index in [-0.39, 0.29) is 42.8 Å². The molecule has 12 aromatic rings. The molecule has 3 fully saturated rings. The van der Waals surface area contributed by atoms with E-state index >= 15 is 0 Å². The summed E-state index contributed by atoms with van der Waals surface area (Å²) in [6.07, 6.45) is 12.2. The summed E-state index contributed by atoms with van der Waals surface area (Å²) in [4.78, 5) is 28.1. The second-order valence-electron chi connectivity index (χ2n) is 37.4. The first-order valence-electron chi connectivity index (χ1n) is 48.3. The molecule has 0 amide bonds. The third kappa shape index (κ3) is 32.3. The number of nitrogens with two attached hydrogens (primary N) is 1. The maximum Gasteiger partial charge on any atom is 0.416 e. The van der Waals surface area contributed by atoms with Crippen LogP contribution in [0.1, 0.15) is 245 Å². The van der Waals surface area contributed by atoms with Gasteiger partial charge in [-0.05, 0) is 335 Å². The van der Waals surface area contributed by atoms with Crippen LogP contribution in [0.5, 0.6) is 28.7 Å². The minimum Gasteiger partial charge on any atom is -0.508 e. The summed E-state index contributed by atoms with van der Waals surface area (Å²) in [5.41, 5.74) is 33.9. The highest BCUT2D eigenvalue weighted by molar-refractivity contribution is 6.06. The molecule has 0 bridgehead atoms. The third-order valence-corrected chi connectivity index (χ3v) is 26.2. The predicted molar refractivity (Wildman–Crippen MR) is 554 cm³/mol. The van der Waals surface area contributed by atoms with Crippen molar-refractivity contribution in [2.75, 3.05) is 18.9 Å². The van der Waals surface area contributed by atoms with Crippen LogP contribution in [0.4, 0.5) is 18.9 Å². The molecule has 18 nitrogen and oxygen atoms in total. The fourth-order valence-corrected chi connectivity index (χ4v) is 17.4. The molecule has 0 saturated heterocycles. The van der Waals surface area contributed by atoms with Gasteiger partial charge >= 0.3 is 6.18 Å². The topological polar surface area (TPSA) is 276 Å². The van der Waals surface area contributed by atoms with Crippen LogP contribution in [0.25, 0.3) is 22.3 Å². The van der Waals surface area contributed by atoms with Crippen LogP contribution >= 0.6 is 0 Å². The van der Waals surface area contributed by atoms with Gasteiger partial charge in [0.25, 0.3) is 0 Å². The van der Waals surface area contributed by atoms with E-state index in [0.29, 0.717) is 101 Å². The lowest BCUT2D eigenvalue weighted by Gasteiger charge is -2.29. The molecule has 15 rings (SSSR count). The average molecular weight is 1890 g/mol. The minimum atomic E-state index is -4.40. The van der Waals surface area contributed by atoms with E-state index in [1.807, 2.05) is 158 Å². The number of nitrogen functional groups attached to an aromatic ring is 1. The molecule has 732 valence electrons. The number of benzene rings is 12. The van der Waals surface area contributed by atoms with E-state index in [9.17, 15) is 48.9 Å². The number of anilines is 1. The number of phenolic OH excluding ortho intramolecular Hbond substituents is 5. The summed E-state index contributed by atoms with van der Waals surface area (Å²) in [7, 11) is 0. The van der Waals surface area contributed by atoms with Gasteiger partial charge in [0.05, 0.1) is 34.1 Å². The Bertz CT molecular complexity index is 5960. The fraction of sp³-hybridized carbons (Fsp3) is 0.347. The van der Waals surface area contributed by atoms with Crippen LogP contribution in [0.15, 0.2) is 268 Å². The smallest absolute Gasteiger partial charge is 0.416 e. The summed E-state index contributed by atoms with van der Waals surface area (Å²) in [6, 6.07) is 75.8. The van der Waals surface area contributed by atoms with Crippen LogP contribution in [-0.2, 0) is 63.4 Å². The summed E-state index contributed by atoms with van der Waals surface area (Å²) in [5.74, 6) is 3.60. The minimum absolute atomic E-state index is 0.0775. The number of aromatic hydroxyl groups is 5. The molecule has 3 aliphatic rings. The SMILES string of the molecule is C/C(=N\OCc1ccc(C)cc1)c1cc(O)c(C)cc1-c1ccc(C(F)(F)F)cc1.C/C(=N\OCc1ccc(C)cc1)c1cc(O)c(C)cc1-c1ccc(N)cc1.CC(=NOCc1ccc(C)cc1)c1cc(O)c(C)cc1C1CCCCC1.Cc1ccc(CON=C(c2ccc(C)c(O)c2)C2CCC(CCO)CC2)cc1.Cc1ccc(CON=C(c2ccc(C)c(O)c2)C2CCC(CCO)CC2)cc1. The largest absolute Gasteiger partial charge is 0.508 e. The molecule has 3 aliphatic carbocycles. The van der Waals surface area contributed by atoms with Crippen molar-refractivity contribution >= 4 is 34.2 Å². The van der Waals surface area contributed by atoms with Crippen molar-refractivity contribution in [2.24, 2.45) is 49.5 Å². The number of halogens is 3. The van der Waals surface area contributed by atoms with Crippen molar-refractivity contribution in [1.29, 1.82) is 0 Å². The van der Waals surface area contributed by atoms with Crippen LogP contribution in [0, 0.1) is 92.9 Å². The van der Waals surface area contributed by atoms with Crippen LogP contribution in [0.3, 0.4) is 0 Å². The number of nitrogens with zero attached hydrogens (tertiary/aromatic N) is 5. The van der Waals surface area contributed by atoms with Gasteiger partial charge in [0.2, 0.25) is 0 Å². The van der Waals surface area contributed by atoms with Gasteiger partial charge in [-0.3, -0.25) is 0 Å². The normalized spacial score (nSPS) is 15.9. The molecule has 0 aromatic heterocycles. The predicted octanol–water partition coefficient (Wildman–Crippen LogP) is 28.1. The molecule has 21 heteroatoms. The Hall–Kier alpha value is -13.5. The average Bonchev–Trinajstić information content (AvgIpc) is 0.826. The molecular weight excluding hydrogens is 1750 g/mol. The summed E-state index contributed by atoms with van der Waals surface area (Å²) in [6.45, 7) is 27.7. The Morgan fingerprint density at radius 1 is 0.324 bits per heavy atom. The van der Waals surface area contributed by atoms with Gasteiger partial charge in [-0.15, -0.1) is 0 Å². The zero-order valence-electron chi connectivity index (χ0n) is 82.7. The van der Waals surface area contributed by atoms with Gasteiger partial charge in [-0.1, -0.05) is 249 Å². The van der Waals surface area contributed by atoms with E-state index in [0.717, 1.165) is 182 Å². The second kappa shape index (κ2) is 52.3. The highest BCUT2D eigenvalue weighted by Gasteiger charge is 2.32. The third-order valence-electron chi connectivity index (χ3n) is 26.2. The van der Waals surface area contributed by atoms with Crippen LogP contribution < -0.4 is 5.73 Å². The number of aryl methyl sites for hydroxylation is 10. The Kier molecular flexibility index (Phi) is 39.9. The van der Waals surface area contributed by atoms with Gasteiger partial charge < -0.3 is 65.7 Å². The van der Waals surface area contributed by atoms with Crippen molar-refractivity contribution in [3.05, 3.63) is 365 Å². The number of aliphatic hydroxyl groups excluding tert-OH is 2. The number of hydrogen-bond donors (Lipinski definition) is 8. The highest BCUT2D eigenvalue weighted by atomic mass is 19.4. The molecule has 3 saturated carbocycles. The number of aliphatic hydroxyl groups is 2. The summed E-state index contributed by atoms with van der Waals surface area (Å²) in [5, 5.41) is 91.1. The summed E-state index contributed by atoms with van der Waals surface area (Å²) >= 11 is 0. The van der Waals surface area contributed by atoms with Crippen LogP contribution in [0.2, 0.25) is 0 Å². The van der Waals surface area contributed by atoms with Gasteiger partial charge in [-0.2, -0.15) is 13.2 Å². The van der Waals surface area contributed by atoms with Gasteiger partial charge in [-0.25, -0.2) is 0 Å². The van der Waals surface area contributed by atoms with Gasteiger partial charge in [0.1, 0.15) is 61.8 Å². The van der Waals surface area contributed by atoms with E-state index in [4.69, 9.17) is 29.9 Å². The summed E-state index contributed by atoms with van der Waals surface area (Å²) < 4.78 is 38.6.